The Morgan fingerprint density at radius 1 is 1.21 bits per heavy atom. The van der Waals surface area contributed by atoms with E-state index in [0.717, 1.165) is 12.8 Å². The number of hydrogen-bond acceptors (Lipinski definition) is 1. The molecular weight excluding hydrogens is 246 g/mol. The lowest BCUT2D eigenvalue weighted by Gasteiger charge is -2.21. The standard InChI is InChI=1S/C13H14F2O.C3H6/c1-8-2-4-9(5-3-8)10-6-7-11(16)13(15)12(10)14;1-3-2/h2,4,6-9,16H,3,5H2,1H3;3H,1H2,2H3. The molecule has 3 heteroatoms. The summed E-state index contributed by atoms with van der Waals surface area (Å²) in [5.41, 5.74) is 0.332. The summed E-state index contributed by atoms with van der Waals surface area (Å²) < 4.78 is 26.7. The molecule has 2 unspecified atom stereocenters. The van der Waals surface area contributed by atoms with Crippen LogP contribution in [0.25, 0.3) is 0 Å². The highest BCUT2D eigenvalue weighted by atomic mass is 19.2. The van der Waals surface area contributed by atoms with Gasteiger partial charge in [0.15, 0.2) is 11.6 Å². The number of phenols is 1. The number of phenolic OH excluding ortho intramolecular Hbond substituents is 1. The molecule has 2 rings (SSSR count). The molecule has 0 fully saturated rings. The Balaban J connectivity index is 0.000000550. The van der Waals surface area contributed by atoms with E-state index < -0.39 is 17.4 Å². The Bertz CT molecular complexity index is 466. The van der Waals surface area contributed by atoms with Gasteiger partial charge in [0.1, 0.15) is 0 Å². The van der Waals surface area contributed by atoms with Gasteiger partial charge in [-0.25, -0.2) is 4.39 Å². The molecular formula is C16H20F2O. The van der Waals surface area contributed by atoms with Crippen LogP contribution in [0.15, 0.2) is 36.9 Å². The van der Waals surface area contributed by atoms with E-state index >= 15 is 0 Å². The van der Waals surface area contributed by atoms with Crippen LogP contribution < -0.4 is 0 Å². The molecule has 0 heterocycles. The predicted octanol–water partition coefficient (Wildman–Crippen LogP) is 4.93. The molecule has 1 aliphatic carbocycles. The maximum absolute atomic E-state index is 13.6. The lowest BCUT2D eigenvalue weighted by Crippen LogP contribution is -2.07. The molecule has 0 radical (unpaired) electrons. The van der Waals surface area contributed by atoms with Crippen LogP contribution in [0.1, 0.15) is 38.2 Å². The highest BCUT2D eigenvalue weighted by Gasteiger charge is 2.21. The van der Waals surface area contributed by atoms with Crippen molar-refractivity contribution >= 4 is 0 Å². The van der Waals surface area contributed by atoms with Gasteiger partial charge < -0.3 is 5.11 Å². The number of allylic oxidation sites excluding steroid dienone is 3. The Morgan fingerprint density at radius 2 is 1.84 bits per heavy atom. The van der Waals surface area contributed by atoms with Crippen LogP contribution in [0.3, 0.4) is 0 Å². The third-order valence-corrected chi connectivity index (χ3v) is 3.10. The second-order valence-corrected chi connectivity index (χ2v) is 4.76. The van der Waals surface area contributed by atoms with E-state index in [0.29, 0.717) is 11.5 Å². The maximum Gasteiger partial charge on any atom is 0.200 e. The van der Waals surface area contributed by atoms with Crippen molar-refractivity contribution in [3.8, 4) is 5.75 Å². The summed E-state index contributed by atoms with van der Waals surface area (Å²) in [5, 5.41) is 9.03. The number of halogens is 2. The molecule has 0 amide bonds. The average Bonchev–Trinajstić information content (AvgIpc) is 2.39. The van der Waals surface area contributed by atoms with Crippen LogP contribution in [0.4, 0.5) is 8.78 Å². The van der Waals surface area contributed by atoms with Crippen molar-refractivity contribution in [3.05, 3.63) is 54.1 Å². The molecule has 0 aliphatic heterocycles. The molecule has 0 spiro atoms. The van der Waals surface area contributed by atoms with Gasteiger partial charge in [0.2, 0.25) is 5.82 Å². The van der Waals surface area contributed by atoms with Crippen LogP contribution >= 0.6 is 0 Å². The van der Waals surface area contributed by atoms with E-state index in [1.165, 1.54) is 12.1 Å². The zero-order chi connectivity index (χ0) is 14.4. The minimum atomic E-state index is -1.15. The fourth-order valence-electron chi connectivity index (χ4n) is 2.06. The highest BCUT2D eigenvalue weighted by molar-refractivity contribution is 5.34. The van der Waals surface area contributed by atoms with E-state index in [9.17, 15) is 8.78 Å². The second-order valence-electron chi connectivity index (χ2n) is 4.76. The summed E-state index contributed by atoms with van der Waals surface area (Å²) in [7, 11) is 0. The molecule has 104 valence electrons. The van der Waals surface area contributed by atoms with Gasteiger partial charge in [0.25, 0.3) is 0 Å². The van der Waals surface area contributed by atoms with Crippen molar-refractivity contribution in [3.63, 3.8) is 0 Å². The Labute approximate surface area is 113 Å². The highest BCUT2D eigenvalue weighted by Crippen LogP contribution is 2.34. The maximum atomic E-state index is 13.6. The summed E-state index contributed by atoms with van der Waals surface area (Å²) in [6.45, 7) is 7.35. The van der Waals surface area contributed by atoms with Crippen LogP contribution in [0.2, 0.25) is 0 Å². The number of aromatic hydroxyl groups is 1. The van der Waals surface area contributed by atoms with Gasteiger partial charge in [-0.3, -0.25) is 0 Å². The van der Waals surface area contributed by atoms with E-state index in [4.69, 9.17) is 5.11 Å². The zero-order valence-corrected chi connectivity index (χ0v) is 11.4. The van der Waals surface area contributed by atoms with Crippen LogP contribution in [0.5, 0.6) is 5.75 Å². The Hall–Kier alpha value is -1.64. The number of rotatable bonds is 1. The molecule has 1 N–H and O–H groups in total. The fourth-order valence-corrected chi connectivity index (χ4v) is 2.06. The molecule has 1 nitrogen and oxygen atoms in total. The lowest BCUT2D eigenvalue weighted by atomic mass is 9.85. The molecule has 2 atom stereocenters. The molecule has 19 heavy (non-hydrogen) atoms. The van der Waals surface area contributed by atoms with Gasteiger partial charge >= 0.3 is 0 Å². The summed E-state index contributed by atoms with van der Waals surface area (Å²) in [4.78, 5) is 0. The van der Waals surface area contributed by atoms with Gasteiger partial charge in [-0.05, 0) is 37.3 Å². The molecule has 0 saturated carbocycles. The second kappa shape index (κ2) is 7.07. The largest absolute Gasteiger partial charge is 0.505 e. The van der Waals surface area contributed by atoms with Crippen LogP contribution in [0, 0.1) is 17.6 Å². The minimum absolute atomic E-state index is 0.0775. The molecule has 0 saturated heterocycles. The molecule has 0 bridgehead atoms. The van der Waals surface area contributed by atoms with Crippen molar-refractivity contribution in [1.82, 2.24) is 0 Å². The van der Waals surface area contributed by atoms with Crippen molar-refractivity contribution in [2.75, 3.05) is 0 Å². The summed E-state index contributed by atoms with van der Waals surface area (Å²) in [6, 6.07) is 2.67. The van der Waals surface area contributed by atoms with Crippen molar-refractivity contribution < 1.29 is 13.9 Å². The first kappa shape index (κ1) is 15.4. The van der Waals surface area contributed by atoms with Crippen molar-refractivity contribution in [1.29, 1.82) is 0 Å². The lowest BCUT2D eigenvalue weighted by molar-refractivity contribution is 0.400. The quantitative estimate of drug-likeness (QED) is 0.714. The van der Waals surface area contributed by atoms with Gasteiger partial charge in [-0.2, -0.15) is 4.39 Å². The van der Waals surface area contributed by atoms with E-state index in [-0.39, 0.29) is 5.92 Å². The zero-order valence-electron chi connectivity index (χ0n) is 11.4. The van der Waals surface area contributed by atoms with Crippen molar-refractivity contribution in [2.24, 2.45) is 5.92 Å². The van der Waals surface area contributed by atoms with E-state index in [1.807, 2.05) is 19.1 Å². The normalized spacial score (nSPS) is 21.5. The third-order valence-electron chi connectivity index (χ3n) is 3.10. The molecule has 1 aliphatic rings. The van der Waals surface area contributed by atoms with E-state index in [1.54, 1.807) is 6.08 Å². The first-order valence-electron chi connectivity index (χ1n) is 6.43. The minimum Gasteiger partial charge on any atom is -0.505 e. The molecule has 1 aromatic rings. The summed E-state index contributed by atoms with van der Waals surface area (Å²) in [6.07, 6.45) is 7.49. The number of hydrogen-bond donors (Lipinski definition) is 1. The molecule has 1 aromatic carbocycles. The summed E-state index contributed by atoms with van der Waals surface area (Å²) in [5.74, 6) is -2.28. The van der Waals surface area contributed by atoms with Gasteiger partial charge in [0.05, 0.1) is 0 Å². The monoisotopic (exact) mass is 266 g/mol. The van der Waals surface area contributed by atoms with E-state index in [2.05, 4.69) is 13.5 Å². The smallest absolute Gasteiger partial charge is 0.200 e. The third kappa shape index (κ3) is 3.91. The van der Waals surface area contributed by atoms with Gasteiger partial charge in [-0.15, -0.1) is 6.58 Å². The Kier molecular flexibility index (Phi) is 5.74. The fraction of sp³-hybridized carbons (Fsp3) is 0.375. The SMILES string of the molecule is C=CC.CC1C=CC(c2ccc(O)c(F)c2F)CC1. The first-order valence-corrected chi connectivity index (χ1v) is 6.43. The van der Waals surface area contributed by atoms with Crippen LogP contribution in [-0.2, 0) is 0 Å². The van der Waals surface area contributed by atoms with Gasteiger partial charge in [0, 0.05) is 5.92 Å². The predicted molar refractivity (Wildman–Crippen MR) is 74.2 cm³/mol. The number of benzene rings is 1. The first-order chi connectivity index (χ1) is 9.01. The Morgan fingerprint density at radius 3 is 2.37 bits per heavy atom. The topological polar surface area (TPSA) is 20.2 Å². The molecule has 0 aromatic heterocycles. The average molecular weight is 266 g/mol. The summed E-state index contributed by atoms with van der Waals surface area (Å²) >= 11 is 0. The van der Waals surface area contributed by atoms with Crippen LogP contribution in [-0.4, -0.2) is 5.11 Å². The van der Waals surface area contributed by atoms with Crippen molar-refractivity contribution in [2.45, 2.75) is 32.6 Å². The van der Waals surface area contributed by atoms with Gasteiger partial charge in [-0.1, -0.05) is 31.2 Å².